The number of nitrogens with zero attached hydrogens (tertiary/aromatic N) is 5. The van der Waals surface area contributed by atoms with Gasteiger partial charge in [-0.05, 0) is 24.6 Å². The molecule has 0 radical (unpaired) electrons. The first-order valence-corrected chi connectivity index (χ1v) is 12.4. The van der Waals surface area contributed by atoms with Crippen molar-refractivity contribution >= 4 is 34.3 Å². The first kappa shape index (κ1) is 25.3. The van der Waals surface area contributed by atoms with Crippen LogP contribution in [-0.4, -0.2) is 77.3 Å². The molecule has 1 fully saturated rings. The standard InChI is InChI=1S/C27H29N7O4/c1-36-23-14-21-22(15-24(23)38-11-5-8-34-9-12-37-13-10-34)30-18-31-25(21)33-27-28-16-20(17-29-27)32-26(35)19-6-3-2-4-7-19/h2-4,6-7,14-18H,5,8-13H2,1H3,(H,32,35)(H,28,29,30,31,33). The van der Waals surface area contributed by atoms with Gasteiger partial charge in [-0.3, -0.25) is 9.69 Å². The topological polar surface area (TPSA) is 124 Å². The number of rotatable bonds is 10. The maximum absolute atomic E-state index is 12.4. The van der Waals surface area contributed by atoms with Gasteiger partial charge >= 0.3 is 0 Å². The Balaban J connectivity index is 1.24. The monoisotopic (exact) mass is 515 g/mol. The molecule has 5 rings (SSSR count). The van der Waals surface area contributed by atoms with Crippen LogP contribution in [0.2, 0.25) is 0 Å². The van der Waals surface area contributed by atoms with Gasteiger partial charge in [-0.25, -0.2) is 19.9 Å². The maximum Gasteiger partial charge on any atom is 0.255 e. The Morgan fingerprint density at radius 1 is 1.03 bits per heavy atom. The van der Waals surface area contributed by atoms with E-state index in [4.69, 9.17) is 14.2 Å². The Morgan fingerprint density at radius 3 is 2.58 bits per heavy atom. The van der Waals surface area contributed by atoms with Crippen LogP contribution >= 0.6 is 0 Å². The van der Waals surface area contributed by atoms with Gasteiger partial charge in [0.2, 0.25) is 5.95 Å². The van der Waals surface area contributed by atoms with Crippen molar-refractivity contribution in [3.8, 4) is 11.5 Å². The van der Waals surface area contributed by atoms with Crippen LogP contribution in [0, 0.1) is 0 Å². The van der Waals surface area contributed by atoms with E-state index >= 15 is 0 Å². The molecule has 0 aliphatic carbocycles. The minimum atomic E-state index is -0.233. The molecule has 1 aliphatic rings. The summed E-state index contributed by atoms with van der Waals surface area (Å²) >= 11 is 0. The van der Waals surface area contributed by atoms with Crippen molar-refractivity contribution in [1.29, 1.82) is 0 Å². The summed E-state index contributed by atoms with van der Waals surface area (Å²) in [5, 5.41) is 6.64. The molecule has 196 valence electrons. The summed E-state index contributed by atoms with van der Waals surface area (Å²) in [6, 6.07) is 12.6. The average molecular weight is 516 g/mol. The van der Waals surface area contributed by atoms with Crippen molar-refractivity contribution in [3.63, 3.8) is 0 Å². The normalized spacial score (nSPS) is 13.7. The van der Waals surface area contributed by atoms with E-state index in [0.29, 0.717) is 46.6 Å². The minimum absolute atomic E-state index is 0.233. The Bertz CT molecular complexity index is 1360. The molecule has 0 atom stereocenters. The first-order chi connectivity index (χ1) is 18.7. The van der Waals surface area contributed by atoms with Gasteiger partial charge in [0, 0.05) is 36.7 Å². The quantitative estimate of drug-likeness (QED) is 0.303. The number of hydrogen-bond acceptors (Lipinski definition) is 10. The van der Waals surface area contributed by atoms with E-state index in [9.17, 15) is 4.79 Å². The van der Waals surface area contributed by atoms with Gasteiger partial charge in [0.15, 0.2) is 11.5 Å². The Morgan fingerprint density at radius 2 is 1.82 bits per heavy atom. The number of ether oxygens (including phenoxy) is 3. The number of amides is 1. The molecule has 11 nitrogen and oxygen atoms in total. The van der Waals surface area contributed by atoms with Crippen LogP contribution in [0.25, 0.3) is 10.9 Å². The number of benzene rings is 2. The number of methoxy groups -OCH3 is 1. The molecule has 1 aliphatic heterocycles. The van der Waals surface area contributed by atoms with Crippen LogP contribution in [0.1, 0.15) is 16.8 Å². The molecule has 2 aromatic carbocycles. The van der Waals surface area contributed by atoms with Crippen molar-refractivity contribution < 1.29 is 19.0 Å². The highest BCUT2D eigenvalue weighted by Crippen LogP contribution is 2.34. The van der Waals surface area contributed by atoms with E-state index in [1.165, 1.54) is 18.7 Å². The van der Waals surface area contributed by atoms with Crippen molar-refractivity contribution in [1.82, 2.24) is 24.8 Å². The Kier molecular flexibility index (Phi) is 8.16. The third-order valence-corrected chi connectivity index (χ3v) is 6.08. The van der Waals surface area contributed by atoms with Crippen LogP contribution in [0.4, 0.5) is 17.5 Å². The van der Waals surface area contributed by atoms with Crippen molar-refractivity contribution in [2.24, 2.45) is 0 Å². The van der Waals surface area contributed by atoms with E-state index in [-0.39, 0.29) is 5.91 Å². The predicted octanol–water partition coefficient (Wildman–Crippen LogP) is 3.53. The van der Waals surface area contributed by atoms with E-state index in [1.807, 2.05) is 18.2 Å². The maximum atomic E-state index is 12.4. The van der Waals surface area contributed by atoms with Crippen LogP contribution in [0.15, 0.2) is 61.2 Å². The second kappa shape index (κ2) is 12.3. The fourth-order valence-electron chi connectivity index (χ4n) is 4.09. The van der Waals surface area contributed by atoms with Gasteiger partial charge in [0.25, 0.3) is 5.91 Å². The highest BCUT2D eigenvalue weighted by atomic mass is 16.5. The predicted molar refractivity (Wildman–Crippen MR) is 143 cm³/mol. The van der Waals surface area contributed by atoms with E-state index < -0.39 is 0 Å². The third kappa shape index (κ3) is 6.31. The number of carbonyl (C=O) groups excluding carboxylic acids is 1. The molecule has 0 bridgehead atoms. The SMILES string of the molecule is COc1cc2c(Nc3ncc(NC(=O)c4ccccc4)cn3)ncnc2cc1OCCCN1CCOCC1. The largest absolute Gasteiger partial charge is 0.493 e. The molecule has 0 unspecified atom stereocenters. The number of morpholine rings is 1. The molecule has 1 saturated heterocycles. The van der Waals surface area contributed by atoms with Crippen LogP contribution in [0.5, 0.6) is 11.5 Å². The molecular weight excluding hydrogens is 486 g/mol. The van der Waals surface area contributed by atoms with E-state index in [1.54, 1.807) is 31.4 Å². The molecule has 2 N–H and O–H groups in total. The van der Waals surface area contributed by atoms with E-state index in [0.717, 1.165) is 44.7 Å². The lowest BCUT2D eigenvalue weighted by molar-refractivity contribution is 0.0357. The molecule has 3 heterocycles. The summed E-state index contributed by atoms with van der Waals surface area (Å²) in [6.07, 6.45) is 5.43. The zero-order valence-electron chi connectivity index (χ0n) is 21.1. The van der Waals surface area contributed by atoms with Crippen LogP contribution in [0.3, 0.4) is 0 Å². The molecule has 1 amide bonds. The van der Waals surface area contributed by atoms with Gasteiger partial charge in [0.1, 0.15) is 12.1 Å². The Labute approximate surface area is 220 Å². The number of aromatic nitrogens is 4. The summed E-state index contributed by atoms with van der Waals surface area (Å²) < 4.78 is 17.0. The fraction of sp³-hybridized carbons (Fsp3) is 0.296. The fourth-order valence-corrected chi connectivity index (χ4v) is 4.09. The smallest absolute Gasteiger partial charge is 0.255 e. The number of hydrogen-bond donors (Lipinski definition) is 2. The number of nitrogens with one attached hydrogen (secondary N) is 2. The van der Waals surface area contributed by atoms with Gasteiger partial charge in [-0.1, -0.05) is 18.2 Å². The van der Waals surface area contributed by atoms with Crippen molar-refractivity contribution in [2.45, 2.75) is 6.42 Å². The van der Waals surface area contributed by atoms with Gasteiger partial charge in [-0.2, -0.15) is 0 Å². The zero-order valence-corrected chi connectivity index (χ0v) is 21.1. The molecule has 2 aromatic heterocycles. The number of fused-ring (bicyclic) bond motifs is 1. The first-order valence-electron chi connectivity index (χ1n) is 12.4. The lowest BCUT2D eigenvalue weighted by atomic mass is 10.2. The second-order valence-corrected chi connectivity index (χ2v) is 8.64. The van der Waals surface area contributed by atoms with Gasteiger partial charge in [0.05, 0.1) is 50.5 Å². The summed E-state index contributed by atoms with van der Waals surface area (Å²) in [6.45, 7) is 5.02. The lowest BCUT2D eigenvalue weighted by Crippen LogP contribution is -2.37. The highest BCUT2D eigenvalue weighted by Gasteiger charge is 2.14. The van der Waals surface area contributed by atoms with Gasteiger partial charge < -0.3 is 24.8 Å². The Hall–Kier alpha value is -4.35. The number of carbonyl (C=O) groups is 1. The molecular formula is C27H29N7O4. The molecule has 0 spiro atoms. The van der Waals surface area contributed by atoms with Crippen LogP contribution in [-0.2, 0) is 4.74 Å². The summed E-state index contributed by atoms with van der Waals surface area (Å²) in [5.41, 5.74) is 1.73. The van der Waals surface area contributed by atoms with Crippen molar-refractivity contribution in [2.75, 3.05) is 57.2 Å². The molecule has 11 heteroatoms. The molecule has 38 heavy (non-hydrogen) atoms. The minimum Gasteiger partial charge on any atom is -0.493 e. The average Bonchev–Trinajstić information content (AvgIpc) is 2.97. The van der Waals surface area contributed by atoms with Crippen molar-refractivity contribution in [3.05, 3.63) is 66.7 Å². The molecule has 0 saturated carbocycles. The summed E-state index contributed by atoms with van der Waals surface area (Å²) in [7, 11) is 1.60. The van der Waals surface area contributed by atoms with Crippen LogP contribution < -0.4 is 20.1 Å². The van der Waals surface area contributed by atoms with Gasteiger partial charge in [-0.15, -0.1) is 0 Å². The number of anilines is 3. The summed E-state index contributed by atoms with van der Waals surface area (Å²) in [4.78, 5) is 32.1. The lowest BCUT2D eigenvalue weighted by Gasteiger charge is -2.26. The second-order valence-electron chi connectivity index (χ2n) is 8.64. The van der Waals surface area contributed by atoms with E-state index in [2.05, 4.69) is 35.5 Å². The molecule has 4 aromatic rings. The highest BCUT2D eigenvalue weighted by molar-refractivity contribution is 6.04. The zero-order chi connectivity index (χ0) is 26.2. The third-order valence-electron chi connectivity index (χ3n) is 6.08. The summed E-state index contributed by atoms with van der Waals surface area (Å²) in [5.74, 6) is 1.82.